The zero-order valence-corrected chi connectivity index (χ0v) is 17.7. The molecule has 1 N–H and O–H groups in total. The molecule has 0 aromatic heterocycles. The van der Waals surface area contributed by atoms with Crippen LogP contribution in [0.5, 0.6) is 11.5 Å². The van der Waals surface area contributed by atoms with E-state index in [2.05, 4.69) is 16.8 Å². The third-order valence-electron chi connectivity index (χ3n) is 5.77. The third-order valence-corrected chi connectivity index (χ3v) is 5.77. The number of amides is 1. The summed E-state index contributed by atoms with van der Waals surface area (Å²) in [6.45, 7) is 4.98. The Balaban J connectivity index is 1.81. The second-order valence-corrected chi connectivity index (χ2v) is 7.67. The van der Waals surface area contributed by atoms with Crippen LogP contribution in [0.4, 0.5) is 0 Å². The van der Waals surface area contributed by atoms with Crippen molar-refractivity contribution in [2.75, 3.05) is 73.7 Å². The lowest BCUT2D eigenvalue weighted by atomic mass is 9.97. The molecule has 0 spiro atoms. The monoisotopic (exact) mass is 407 g/mol. The van der Waals surface area contributed by atoms with Gasteiger partial charge in [0.2, 0.25) is 5.91 Å². The molecule has 0 saturated carbocycles. The van der Waals surface area contributed by atoms with Crippen LogP contribution in [0.25, 0.3) is 0 Å². The standard InChI is InChI=1S/C21H33N3O5/c1-22-7-4-8-23(10-9-22)14-20(26)24-11-12-29-19(15-25)21(24)16-5-6-17(27-2)18(13-16)28-3/h5-6,13,19,21,25H,4,7-12,14-15H2,1-3H3/t19-,21-/m1/s1. The van der Waals surface area contributed by atoms with Gasteiger partial charge in [0.15, 0.2) is 11.5 Å². The molecule has 2 saturated heterocycles. The molecule has 29 heavy (non-hydrogen) atoms. The maximum absolute atomic E-state index is 13.3. The van der Waals surface area contributed by atoms with E-state index in [-0.39, 0.29) is 18.6 Å². The van der Waals surface area contributed by atoms with Crippen molar-refractivity contribution in [1.29, 1.82) is 0 Å². The molecule has 8 heteroatoms. The minimum absolute atomic E-state index is 0.0658. The van der Waals surface area contributed by atoms with E-state index in [9.17, 15) is 9.90 Å². The first-order valence-corrected chi connectivity index (χ1v) is 10.2. The number of nitrogens with zero attached hydrogens (tertiary/aromatic N) is 3. The van der Waals surface area contributed by atoms with Crippen LogP contribution in [0.2, 0.25) is 0 Å². The molecule has 0 unspecified atom stereocenters. The first kappa shape index (κ1) is 21.8. The van der Waals surface area contributed by atoms with Crippen LogP contribution >= 0.6 is 0 Å². The number of hydrogen-bond acceptors (Lipinski definition) is 7. The fourth-order valence-electron chi connectivity index (χ4n) is 4.14. The fourth-order valence-corrected chi connectivity index (χ4v) is 4.14. The molecule has 0 bridgehead atoms. The molecule has 2 heterocycles. The Morgan fingerprint density at radius 2 is 1.93 bits per heavy atom. The van der Waals surface area contributed by atoms with Crippen molar-refractivity contribution in [2.24, 2.45) is 0 Å². The topological polar surface area (TPSA) is 74.7 Å². The summed E-state index contributed by atoms with van der Waals surface area (Å²) in [5, 5.41) is 9.90. The lowest BCUT2D eigenvalue weighted by molar-refractivity contribution is -0.151. The number of aliphatic hydroxyl groups is 1. The predicted octanol–water partition coefficient (Wildman–Crippen LogP) is 0.602. The average molecular weight is 408 g/mol. The molecule has 1 aromatic rings. The molecule has 1 amide bonds. The van der Waals surface area contributed by atoms with Gasteiger partial charge in [-0.25, -0.2) is 0 Å². The molecular formula is C21H33N3O5. The second-order valence-electron chi connectivity index (χ2n) is 7.67. The van der Waals surface area contributed by atoms with Crippen LogP contribution in [0.3, 0.4) is 0 Å². The fraction of sp³-hybridized carbons (Fsp3) is 0.667. The van der Waals surface area contributed by atoms with Crippen molar-refractivity contribution in [1.82, 2.24) is 14.7 Å². The molecule has 2 fully saturated rings. The van der Waals surface area contributed by atoms with E-state index in [1.54, 1.807) is 14.2 Å². The summed E-state index contributed by atoms with van der Waals surface area (Å²) in [5.74, 6) is 1.28. The van der Waals surface area contributed by atoms with Gasteiger partial charge in [-0.1, -0.05) is 6.07 Å². The molecule has 162 valence electrons. The van der Waals surface area contributed by atoms with Crippen molar-refractivity contribution >= 4 is 5.91 Å². The van der Waals surface area contributed by atoms with Crippen LogP contribution in [-0.2, 0) is 9.53 Å². The Bertz CT molecular complexity index is 686. The van der Waals surface area contributed by atoms with E-state index in [0.29, 0.717) is 31.2 Å². The molecule has 1 aromatic carbocycles. The molecule has 2 atom stereocenters. The van der Waals surface area contributed by atoms with Gasteiger partial charge in [0.25, 0.3) is 0 Å². The molecule has 2 aliphatic rings. The van der Waals surface area contributed by atoms with E-state index < -0.39 is 6.10 Å². The summed E-state index contributed by atoms with van der Waals surface area (Å²) in [6.07, 6.45) is 0.590. The van der Waals surface area contributed by atoms with Gasteiger partial charge in [-0.2, -0.15) is 0 Å². The summed E-state index contributed by atoms with van der Waals surface area (Å²) in [5.41, 5.74) is 0.866. The number of ether oxygens (including phenoxy) is 3. The van der Waals surface area contributed by atoms with Crippen molar-refractivity contribution in [3.05, 3.63) is 23.8 Å². The van der Waals surface area contributed by atoms with Crippen molar-refractivity contribution in [3.63, 3.8) is 0 Å². The van der Waals surface area contributed by atoms with E-state index in [4.69, 9.17) is 14.2 Å². The van der Waals surface area contributed by atoms with Gasteiger partial charge < -0.3 is 29.1 Å². The van der Waals surface area contributed by atoms with E-state index in [1.165, 1.54) is 0 Å². The Labute approximate surface area is 172 Å². The summed E-state index contributed by atoms with van der Waals surface area (Å²) in [4.78, 5) is 19.6. The number of rotatable bonds is 6. The predicted molar refractivity (Wildman–Crippen MR) is 109 cm³/mol. The highest BCUT2D eigenvalue weighted by Gasteiger charge is 2.37. The highest BCUT2D eigenvalue weighted by Crippen LogP contribution is 2.35. The number of benzene rings is 1. The van der Waals surface area contributed by atoms with Crippen LogP contribution in [0.15, 0.2) is 18.2 Å². The van der Waals surface area contributed by atoms with Gasteiger partial charge in [-0.05, 0) is 44.3 Å². The van der Waals surface area contributed by atoms with E-state index in [1.807, 2.05) is 23.1 Å². The van der Waals surface area contributed by atoms with E-state index >= 15 is 0 Å². The van der Waals surface area contributed by atoms with Crippen LogP contribution in [0, 0.1) is 0 Å². The van der Waals surface area contributed by atoms with Gasteiger partial charge in [0.1, 0.15) is 6.10 Å². The number of methoxy groups -OCH3 is 2. The first-order chi connectivity index (χ1) is 14.1. The smallest absolute Gasteiger partial charge is 0.237 e. The van der Waals surface area contributed by atoms with Crippen LogP contribution in [0.1, 0.15) is 18.0 Å². The van der Waals surface area contributed by atoms with Crippen molar-refractivity contribution < 1.29 is 24.1 Å². The number of carbonyl (C=O) groups excluding carboxylic acids is 1. The number of morpholine rings is 1. The third kappa shape index (κ3) is 5.19. The lowest BCUT2D eigenvalue weighted by Crippen LogP contribution is -2.52. The van der Waals surface area contributed by atoms with Crippen LogP contribution in [-0.4, -0.2) is 106 Å². The number of likely N-dealkylation sites (N-methyl/N-ethyl adjacent to an activating group) is 1. The summed E-state index contributed by atoms with van der Waals surface area (Å²) >= 11 is 0. The Morgan fingerprint density at radius 1 is 1.14 bits per heavy atom. The zero-order valence-electron chi connectivity index (χ0n) is 17.7. The average Bonchev–Trinajstić information content (AvgIpc) is 2.96. The largest absolute Gasteiger partial charge is 0.493 e. The maximum Gasteiger partial charge on any atom is 0.237 e. The molecule has 3 rings (SSSR count). The molecule has 2 aliphatic heterocycles. The highest BCUT2D eigenvalue weighted by molar-refractivity contribution is 5.79. The highest BCUT2D eigenvalue weighted by atomic mass is 16.5. The summed E-state index contributed by atoms with van der Waals surface area (Å²) in [7, 11) is 5.29. The number of carbonyl (C=O) groups is 1. The Hall–Kier alpha value is -1.87. The molecule has 0 aliphatic carbocycles. The number of hydrogen-bond donors (Lipinski definition) is 1. The first-order valence-electron chi connectivity index (χ1n) is 10.2. The minimum atomic E-state index is -0.471. The Morgan fingerprint density at radius 3 is 2.66 bits per heavy atom. The lowest BCUT2D eigenvalue weighted by Gasteiger charge is -2.41. The van der Waals surface area contributed by atoms with E-state index in [0.717, 1.165) is 38.2 Å². The van der Waals surface area contributed by atoms with Crippen molar-refractivity contribution in [2.45, 2.75) is 18.6 Å². The minimum Gasteiger partial charge on any atom is -0.493 e. The number of aliphatic hydroxyl groups excluding tert-OH is 1. The molecule has 0 radical (unpaired) electrons. The molecule has 8 nitrogen and oxygen atoms in total. The van der Waals surface area contributed by atoms with Gasteiger partial charge in [0.05, 0.1) is 40.0 Å². The quantitative estimate of drug-likeness (QED) is 0.740. The van der Waals surface area contributed by atoms with Crippen LogP contribution < -0.4 is 9.47 Å². The molecular weight excluding hydrogens is 374 g/mol. The maximum atomic E-state index is 13.3. The van der Waals surface area contributed by atoms with Gasteiger partial charge >= 0.3 is 0 Å². The zero-order chi connectivity index (χ0) is 20.8. The van der Waals surface area contributed by atoms with Gasteiger partial charge in [0, 0.05) is 19.6 Å². The summed E-state index contributed by atoms with van der Waals surface area (Å²) < 4.78 is 16.6. The normalized spacial score (nSPS) is 24.2. The van der Waals surface area contributed by atoms with Gasteiger partial charge in [-0.15, -0.1) is 0 Å². The van der Waals surface area contributed by atoms with Crippen molar-refractivity contribution in [3.8, 4) is 11.5 Å². The summed E-state index contributed by atoms with van der Waals surface area (Å²) in [6, 6.07) is 5.23. The SMILES string of the molecule is COc1ccc([C@@H]2[C@@H](CO)OCCN2C(=O)CN2CCCN(C)CC2)cc1OC. The second kappa shape index (κ2) is 10.2. The van der Waals surface area contributed by atoms with Gasteiger partial charge in [-0.3, -0.25) is 9.69 Å². The Kier molecular flexibility index (Phi) is 7.71.